The van der Waals surface area contributed by atoms with Crippen LogP contribution in [-0.4, -0.2) is 71.4 Å². The summed E-state index contributed by atoms with van der Waals surface area (Å²) in [5.74, 6) is -0.346. The fourth-order valence-electron chi connectivity index (χ4n) is 4.89. The van der Waals surface area contributed by atoms with E-state index in [0.29, 0.717) is 17.7 Å². The van der Waals surface area contributed by atoms with Crippen LogP contribution in [0.25, 0.3) is 16.9 Å². The largest absolute Gasteiger partial charge is 0.469 e. The average Bonchev–Trinajstić information content (AvgIpc) is 3.44. The summed E-state index contributed by atoms with van der Waals surface area (Å²) < 4.78 is 6.69. The SMILES string of the molecule is CC.CC.COC(=O)C1CCN(CCNC(=O)c2cccc(-c3cn4cc(C(=O)NC5CCC5)ccc4n3)c2)CC1. The molecular weight excluding hydrogens is 518 g/mol. The second-order valence-corrected chi connectivity index (χ2v) is 9.89. The predicted molar refractivity (Wildman–Crippen MR) is 162 cm³/mol. The molecule has 1 aromatic carbocycles. The minimum atomic E-state index is -0.134. The number of fused-ring (bicyclic) bond motifs is 1. The van der Waals surface area contributed by atoms with Gasteiger partial charge >= 0.3 is 5.97 Å². The van der Waals surface area contributed by atoms with Crippen LogP contribution in [0.15, 0.2) is 48.8 Å². The lowest BCUT2D eigenvalue weighted by Crippen LogP contribution is -2.41. The van der Waals surface area contributed by atoms with Crippen molar-refractivity contribution in [3.63, 3.8) is 0 Å². The standard InChI is InChI=1S/C28H33N5O4.2C2H6/c1-37-28(36)19-10-13-32(14-11-19)15-12-29-26(34)21-5-2-4-20(16-21)24-18-33-17-22(8-9-25(33)31-24)27(35)30-23-6-3-7-23;2*1-2/h2,4-5,8-9,16-19,23H,3,6-7,10-15H2,1H3,(H,29,34)(H,30,35);2*1-2H3. The molecule has 1 saturated heterocycles. The molecule has 1 aliphatic carbocycles. The van der Waals surface area contributed by atoms with Gasteiger partial charge in [0, 0.05) is 42.7 Å². The van der Waals surface area contributed by atoms with Gasteiger partial charge in [0.1, 0.15) is 5.65 Å². The molecule has 1 saturated carbocycles. The molecule has 0 unspecified atom stereocenters. The number of methoxy groups -OCH3 is 1. The van der Waals surface area contributed by atoms with Crippen molar-refractivity contribution in [2.75, 3.05) is 33.3 Å². The number of pyridine rings is 1. The Morgan fingerprint density at radius 2 is 1.66 bits per heavy atom. The number of esters is 1. The molecular formula is C32H45N5O4. The smallest absolute Gasteiger partial charge is 0.308 e. The van der Waals surface area contributed by atoms with Gasteiger partial charge in [-0.25, -0.2) is 4.98 Å². The van der Waals surface area contributed by atoms with Crippen molar-refractivity contribution in [1.82, 2.24) is 24.9 Å². The Hall–Kier alpha value is -3.72. The van der Waals surface area contributed by atoms with Crippen molar-refractivity contribution in [1.29, 1.82) is 0 Å². The number of benzene rings is 1. The molecule has 5 rings (SSSR count). The van der Waals surface area contributed by atoms with Crippen molar-refractivity contribution >= 4 is 23.4 Å². The molecule has 2 aliphatic rings. The highest BCUT2D eigenvalue weighted by atomic mass is 16.5. The molecule has 2 amide bonds. The highest BCUT2D eigenvalue weighted by Crippen LogP contribution is 2.22. The molecule has 2 aromatic heterocycles. The van der Waals surface area contributed by atoms with E-state index in [1.807, 2.05) is 62.6 Å². The minimum absolute atomic E-state index is 0.0192. The summed E-state index contributed by atoms with van der Waals surface area (Å²) in [6, 6.07) is 11.3. The molecule has 2 N–H and O–H groups in total. The zero-order chi connectivity index (χ0) is 29.8. The van der Waals surface area contributed by atoms with Crippen molar-refractivity contribution in [3.05, 3.63) is 59.9 Å². The van der Waals surface area contributed by atoms with Crippen LogP contribution in [0, 0.1) is 5.92 Å². The van der Waals surface area contributed by atoms with Crippen LogP contribution in [0.3, 0.4) is 0 Å². The fraction of sp³-hybridized carbons (Fsp3) is 0.500. The molecule has 0 radical (unpaired) electrons. The van der Waals surface area contributed by atoms with Gasteiger partial charge in [0.25, 0.3) is 11.8 Å². The summed E-state index contributed by atoms with van der Waals surface area (Å²) in [6.07, 6.45) is 8.51. The number of nitrogens with one attached hydrogen (secondary N) is 2. The van der Waals surface area contributed by atoms with Gasteiger partial charge < -0.3 is 24.7 Å². The second kappa shape index (κ2) is 15.9. The van der Waals surface area contributed by atoms with Crippen molar-refractivity contribution in [2.45, 2.75) is 65.8 Å². The summed E-state index contributed by atoms with van der Waals surface area (Å²) in [5, 5.41) is 6.06. The first-order valence-corrected chi connectivity index (χ1v) is 15.0. The molecule has 0 spiro atoms. The third-order valence-corrected chi connectivity index (χ3v) is 7.41. The third kappa shape index (κ3) is 8.39. The molecule has 3 heterocycles. The van der Waals surface area contributed by atoms with Crippen LogP contribution in [-0.2, 0) is 9.53 Å². The third-order valence-electron chi connectivity index (χ3n) is 7.41. The van der Waals surface area contributed by atoms with E-state index in [4.69, 9.17) is 4.74 Å². The molecule has 222 valence electrons. The number of carbonyl (C=O) groups is 3. The highest BCUT2D eigenvalue weighted by molar-refractivity contribution is 5.95. The Balaban J connectivity index is 0.00000111. The van der Waals surface area contributed by atoms with Crippen molar-refractivity contribution in [3.8, 4) is 11.3 Å². The number of ether oxygens (including phenoxy) is 1. The molecule has 3 aromatic rings. The lowest BCUT2D eigenvalue weighted by atomic mass is 9.93. The Labute approximate surface area is 243 Å². The highest BCUT2D eigenvalue weighted by Gasteiger charge is 2.25. The molecule has 41 heavy (non-hydrogen) atoms. The molecule has 9 nitrogen and oxygen atoms in total. The number of amides is 2. The topological polar surface area (TPSA) is 105 Å². The van der Waals surface area contributed by atoms with Crippen molar-refractivity contribution < 1.29 is 19.1 Å². The maximum absolute atomic E-state index is 12.8. The molecule has 9 heteroatoms. The Kier molecular flexibility index (Phi) is 12.3. The Bertz CT molecular complexity index is 1290. The van der Waals surface area contributed by atoms with E-state index in [1.54, 1.807) is 18.3 Å². The number of hydrogen-bond acceptors (Lipinski definition) is 6. The number of likely N-dealkylation sites (tertiary alicyclic amines) is 1. The number of aromatic nitrogens is 2. The van der Waals surface area contributed by atoms with E-state index in [0.717, 1.165) is 62.2 Å². The van der Waals surface area contributed by atoms with E-state index < -0.39 is 0 Å². The molecule has 0 atom stereocenters. The van der Waals surface area contributed by atoms with E-state index in [2.05, 4.69) is 20.5 Å². The quantitative estimate of drug-likeness (QED) is 0.376. The van der Waals surface area contributed by atoms with Crippen LogP contribution < -0.4 is 10.6 Å². The summed E-state index contributed by atoms with van der Waals surface area (Å²) in [4.78, 5) is 43.9. The van der Waals surface area contributed by atoms with Gasteiger partial charge in [-0.3, -0.25) is 14.4 Å². The number of rotatable bonds is 8. The van der Waals surface area contributed by atoms with Crippen LogP contribution in [0.4, 0.5) is 0 Å². The van der Waals surface area contributed by atoms with E-state index in [1.165, 1.54) is 13.5 Å². The monoisotopic (exact) mass is 563 g/mol. The van der Waals surface area contributed by atoms with Crippen LogP contribution in [0.5, 0.6) is 0 Å². The fourth-order valence-corrected chi connectivity index (χ4v) is 4.89. The first-order chi connectivity index (χ1) is 20.0. The summed E-state index contributed by atoms with van der Waals surface area (Å²) in [5.41, 5.74) is 3.48. The Morgan fingerprint density at radius 1 is 0.927 bits per heavy atom. The van der Waals surface area contributed by atoms with E-state index in [-0.39, 0.29) is 29.7 Å². The van der Waals surface area contributed by atoms with Gasteiger partial charge in [0.2, 0.25) is 0 Å². The number of nitrogens with zero attached hydrogens (tertiary/aromatic N) is 3. The van der Waals surface area contributed by atoms with Crippen LogP contribution >= 0.6 is 0 Å². The van der Waals surface area contributed by atoms with E-state index >= 15 is 0 Å². The molecule has 1 aliphatic heterocycles. The molecule has 2 fully saturated rings. The number of piperidine rings is 1. The van der Waals surface area contributed by atoms with Gasteiger partial charge in [0.15, 0.2) is 0 Å². The number of imidazole rings is 1. The van der Waals surface area contributed by atoms with Gasteiger partial charge in [-0.1, -0.05) is 39.8 Å². The Morgan fingerprint density at radius 3 is 2.32 bits per heavy atom. The van der Waals surface area contributed by atoms with Gasteiger partial charge in [0.05, 0.1) is 24.3 Å². The van der Waals surface area contributed by atoms with Gasteiger partial charge in [-0.15, -0.1) is 0 Å². The normalized spacial score (nSPS) is 15.4. The van der Waals surface area contributed by atoms with Gasteiger partial charge in [-0.2, -0.15) is 0 Å². The lowest BCUT2D eigenvalue weighted by molar-refractivity contribution is -0.147. The van der Waals surface area contributed by atoms with Crippen LogP contribution in [0.1, 0.15) is 80.5 Å². The maximum Gasteiger partial charge on any atom is 0.308 e. The number of hydrogen-bond donors (Lipinski definition) is 2. The lowest BCUT2D eigenvalue weighted by Gasteiger charge is -2.30. The zero-order valence-electron chi connectivity index (χ0n) is 25.1. The minimum Gasteiger partial charge on any atom is -0.469 e. The predicted octanol–water partition coefficient (Wildman–Crippen LogP) is 4.95. The van der Waals surface area contributed by atoms with E-state index in [9.17, 15) is 14.4 Å². The van der Waals surface area contributed by atoms with Crippen LogP contribution in [0.2, 0.25) is 0 Å². The first-order valence-electron chi connectivity index (χ1n) is 15.0. The first kappa shape index (κ1) is 31.8. The second-order valence-electron chi connectivity index (χ2n) is 9.89. The zero-order valence-corrected chi connectivity index (χ0v) is 25.1. The van der Waals surface area contributed by atoms with Crippen molar-refractivity contribution in [2.24, 2.45) is 5.92 Å². The summed E-state index contributed by atoms with van der Waals surface area (Å²) in [7, 11) is 1.43. The molecule has 0 bridgehead atoms. The maximum atomic E-state index is 12.8. The summed E-state index contributed by atoms with van der Waals surface area (Å²) >= 11 is 0. The van der Waals surface area contributed by atoms with Gasteiger partial charge in [-0.05, 0) is 69.5 Å². The summed E-state index contributed by atoms with van der Waals surface area (Å²) in [6.45, 7) is 10.9. The average molecular weight is 564 g/mol. The number of carbonyl (C=O) groups excluding carboxylic acids is 3.